The number of hydrogen-bond donors (Lipinski definition) is 1. The van der Waals surface area contributed by atoms with E-state index < -0.39 is 0 Å². The van der Waals surface area contributed by atoms with E-state index in [1.54, 1.807) is 7.11 Å². The molecule has 1 aromatic carbocycles. The number of rotatable bonds is 5. The number of hydrogen-bond acceptors (Lipinski definition) is 3. The Kier molecular flexibility index (Phi) is 3.99. The second-order valence-electron chi connectivity index (χ2n) is 4.07. The summed E-state index contributed by atoms with van der Waals surface area (Å²) in [7, 11) is 1.69. The molecule has 1 aromatic heterocycles. The number of nitrogens with two attached hydrogens (primary N) is 1. The predicted molar refractivity (Wildman–Crippen MR) is 72.6 cm³/mol. The lowest BCUT2D eigenvalue weighted by Crippen LogP contribution is -2.05. The van der Waals surface area contributed by atoms with E-state index in [-0.39, 0.29) is 0 Å². The van der Waals surface area contributed by atoms with Gasteiger partial charge in [0.1, 0.15) is 5.75 Å². The Morgan fingerprint density at radius 1 is 1.33 bits per heavy atom. The Hall–Kier alpha value is -1.81. The molecule has 0 aliphatic carbocycles. The Bertz CT molecular complexity index is 520. The van der Waals surface area contributed by atoms with E-state index in [0.29, 0.717) is 6.54 Å². The molecule has 0 aliphatic rings. The van der Waals surface area contributed by atoms with Gasteiger partial charge in [-0.15, -0.1) is 0 Å². The van der Waals surface area contributed by atoms with Crippen LogP contribution in [0.2, 0.25) is 0 Å². The molecule has 0 spiro atoms. The van der Waals surface area contributed by atoms with Crippen LogP contribution in [0, 0.1) is 0 Å². The first-order valence-electron chi connectivity index (χ1n) is 6.20. The Balaban J connectivity index is 2.57. The fraction of sp³-hybridized carbons (Fsp3) is 0.357. The zero-order chi connectivity index (χ0) is 13.0. The summed E-state index contributed by atoms with van der Waals surface area (Å²) >= 11 is 0. The van der Waals surface area contributed by atoms with Crippen molar-refractivity contribution < 1.29 is 4.74 Å². The van der Waals surface area contributed by atoms with E-state index in [0.717, 1.165) is 30.0 Å². The summed E-state index contributed by atoms with van der Waals surface area (Å²) in [5.41, 5.74) is 9.01. The van der Waals surface area contributed by atoms with E-state index in [2.05, 4.69) is 18.1 Å². The third-order valence-corrected chi connectivity index (χ3v) is 2.99. The largest absolute Gasteiger partial charge is 0.496 e. The maximum atomic E-state index is 5.66. The maximum Gasteiger partial charge on any atom is 0.128 e. The van der Waals surface area contributed by atoms with Crippen molar-refractivity contribution >= 4 is 0 Å². The quantitative estimate of drug-likeness (QED) is 0.877. The van der Waals surface area contributed by atoms with E-state index in [1.165, 1.54) is 5.56 Å². The van der Waals surface area contributed by atoms with Crippen molar-refractivity contribution in [3.63, 3.8) is 0 Å². The summed E-state index contributed by atoms with van der Waals surface area (Å²) in [6.45, 7) is 3.54. The minimum atomic E-state index is 0.623. The molecule has 0 radical (unpaired) electrons. The first-order valence-corrected chi connectivity index (χ1v) is 6.20. The molecule has 0 fully saturated rings. The van der Waals surface area contributed by atoms with Crippen molar-refractivity contribution in [2.45, 2.75) is 19.9 Å². The fourth-order valence-corrected chi connectivity index (χ4v) is 2.15. The average molecular weight is 245 g/mol. The minimum Gasteiger partial charge on any atom is -0.496 e. The Labute approximate surface area is 107 Å². The molecule has 4 nitrogen and oxygen atoms in total. The third kappa shape index (κ3) is 2.24. The SMILES string of the molecule is CCn1ncc(CCN)c1-c1ccccc1OC. The number of para-hydroxylation sites is 1. The van der Waals surface area contributed by atoms with Gasteiger partial charge in [0.25, 0.3) is 0 Å². The molecule has 0 aliphatic heterocycles. The molecule has 96 valence electrons. The Morgan fingerprint density at radius 3 is 2.78 bits per heavy atom. The number of aryl methyl sites for hydroxylation is 1. The molecule has 0 bridgehead atoms. The molecule has 2 rings (SSSR count). The van der Waals surface area contributed by atoms with Gasteiger partial charge in [-0.1, -0.05) is 12.1 Å². The van der Waals surface area contributed by atoms with E-state index in [1.807, 2.05) is 29.1 Å². The highest BCUT2D eigenvalue weighted by atomic mass is 16.5. The van der Waals surface area contributed by atoms with Gasteiger partial charge in [0.15, 0.2) is 0 Å². The van der Waals surface area contributed by atoms with E-state index in [4.69, 9.17) is 10.5 Å². The van der Waals surface area contributed by atoms with Crippen LogP contribution < -0.4 is 10.5 Å². The van der Waals surface area contributed by atoms with E-state index >= 15 is 0 Å². The first kappa shape index (κ1) is 12.6. The average Bonchev–Trinajstić information content (AvgIpc) is 2.82. The number of nitrogens with zero attached hydrogens (tertiary/aromatic N) is 2. The van der Waals surface area contributed by atoms with Gasteiger partial charge < -0.3 is 10.5 Å². The van der Waals surface area contributed by atoms with Crippen LogP contribution in [-0.2, 0) is 13.0 Å². The normalized spacial score (nSPS) is 10.6. The lowest BCUT2D eigenvalue weighted by Gasteiger charge is -2.12. The number of methoxy groups -OCH3 is 1. The number of ether oxygens (including phenoxy) is 1. The van der Waals surface area contributed by atoms with Crippen LogP contribution in [0.15, 0.2) is 30.5 Å². The summed E-state index contributed by atoms with van der Waals surface area (Å²) < 4.78 is 7.42. The van der Waals surface area contributed by atoms with E-state index in [9.17, 15) is 0 Å². The summed E-state index contributed by atoms with van der Waals surface area (Å²) in [5.74, 6) is 0.867. The summed E-state index contributed by atoms with van der Waals surface area (Å²) in [6, 6.07) is 8.01. The highest BCUT2D eigenvalue weighted by molar-refractivity contribution is 5.70. The van der Waals surface area contributed by atoms with Crippen LogP contribution in [-0.4, -0.2) is 23.4 Å². The molecule has 0 unspecified atom stereocenters. The second kappa shape index (κ2) is 5.69. The van der Waals surface area contributed by atoms with Crippen molar-refractivity contribution in [3.05, 3.63) is 36.0 Å². The van der Waals surface area contributed by atoms with Gasteiger partial charge in [-0.3, -0.25) is 4.68 Å². The van der Waals surface area contributed by atoms with Gasteiger partial charge in [0, 0.05) is 12.1 Å². The van der Waals surface area contributed by atoms with Crippen molar-refractivity contribution in [3.8, 4) is 17.0 Å². The number of aromatic nitrogens is 2. The molecular weight excluding hydrogens is 226 g/mol. The first-order chi connectivity index (χ1) is 8.81. The van der Waals surface area contributed by atoms with Gasteiger partial charge in [-0.25, -0.2) is 0 Å². The van der Waals surface area contributed by atoms with Crippen LogP contribution in [0.1, 0.15) is 12.5 Å². The summed E-state index contributed by atoms with van der Waals surface area (Å²) in [4.78, 5) is 0. The lowest BCUT2D eigenvalue weighted by atomic mass is 10.0. The zero-order valence-corrected chi connectivity index (χ0v) is 10.9. The van der Waals surface area contributed by atoms with Crippen molar-refractivity contribution in [1.82, 2.24) is 9.78 Å². The molecule has 2 aromatic rings. The van der Waals surface area contributed by atoms with Crippen molar-refractivity contribution in [2.75, 3.05) is 13.7 Å². The topological polar surface area (TPSA) is 53.1 Å². The number of benzene rings is 1. The molecule has 18 heavy (non-hydrogen) atoms. The van der Waals surface area contributed by atoms with Crippen LogP contribution in [0.3, 0.4) is 0 Å². The monoisotopic (exact) mass is 245 g/mol. The van der Waals surface area contributed by atoms with Crippen LogP contribution in [0.4, 0.5) is 0 Å². The van der Waals surface area contributed by atoms with Crippen molar-refractivity contribution in [1.29, 1.82) is 0 Å². The Morgan fingerprint density at radius 2 is 2.11 bits per heavy atom. The van der Waals surface area contributed by atoms with Crippen LogP contribution >= 0.6 is 0 Å². The fourth-order valence-electron chi connectivity index (χ4n) is 2.15. The summed E-state index contributed by atoms with van der Waals surface area (Å²) in [6.07, 6.45) is 2.73. The van der Waals surface area contributed by atoms with Gasteiger partial charge in [-0.05, 0) is 37.6 Å². The zero-order valence-electron chi connectivity index (χ0n) is 10.9. The molecule has 0 atom stereocenters. The third-order valence-electron chi connectivity index (χ3n) is 2.99. The van der Waals surface area contributed by atoms with Gasteiger partial charge in [-0.2, -0.15) is 5.10 Å². The van der Waals surface area contributed by atoms with Gasteiger partial charge >= 0.3 is 0 Å². The minimum absolute atomic E-state index is 0.623. The summed E-state index contributed by atoms with van der Waals surface area (Å²) in [5, 5.41) is 4.41. The molecule has 4 heteroatoms. The molecule has 0 saturated heterocycles. The smallest absolute Gasteiger partial charge is 0.128 e. The highest BCUT2D eigenvalue weighted by Gasteiger charge is 2.15. The predicted octanol–water partition coefficient (Wildman–Crippen LogP) is 2.08. The molecular formula is C14H19N3O. The van der Waals surface area contributed by atoms with Gasteiger partial charge in [0.2, 0.25) is 0 Å². The maximum absolute atomic E-state index is 5.66. The lowest BCUT2D eigenvalue weighted by molar-refractivity contribution is 0.416. The van der Waals surface area contributed by atoms with Crippen LogP contribution in [0.25, 0.3) is 11.3 Å². The van der Waals surface area contributed by atoms with Crippen molar-refractivity contribution in [2.24, 2.45) is 5.73 Å². The molecule has 0 amide bonds. The van der Waals surface area contributed by atoms with Crippen LogP contribution in [0.5, 0.6) is 5.75 Å². The molecule has 1 heterocycles. The molecule has 0 saturated carbocycles. The highest BCUT2D eigenvalue weighted by Crippen LogP contribution is 2.32. The van der Waals surface area contributed by atoms with Gasteiger partial charge in [0.05, 0.1) is 19.0 Å². The molecule has 2 N–H and O–H groups in total. The second-order valence-corrected chi connectivity index (χ2v) is 4.07. The standard InChI is InChI=1S/C14H19N3O/c1-3-17-14(11(8-9-15)10-16-17)12-6-4-5-7-13(12)18-2/h4-7,10H,3,8-9,15H2,1-2H3.